The van der Waals surface area contributed by atoms with Crippen LogP contribution in [-0.2, 0) is 19.5 Å². The summed E-state index contributed by atoms with van der Waals surface area (Å²) in [7, 11) is 0. The molecule has 0 fully saturated rings. The van der Waals surface area contributed by atoms with Gasteiger partial charge in [0.1, 0.15) is 5.82 Å². The van der Waals surface area contributed by atoms with Gasteiger partial charge in [-0.15, -0.1) is 0 Å². The molecule has 1 aliphatic rings. The number of nitrogens with zero attached hydrogens (tertiary/aromatic N) is 3. The molecule has 4 nitrogen and oxygen atoms in total. The molecule has 0 saturated heterocycles. The van der Waals surface area contributed by atoms with Crippen molar-refractivity contribution in [3.8, 4) is 0 Å². The topological polar surface area (TPSA) is 55.0 Å². The van der Waals surface area contributed by atoms with Gasteiger partial charge in [0.2, 0.25) is 5.95 Å². The Labute approximate surface area is 111 Å². The van der Waals surface area contributed by atoms with Crippen LogP contribution in [0.2, 0.25) is 0 Å². The van der Waals surface area contributed by atoms with Gasteiger partial charge >= 0.3 is 0 Å². The lowest BCUT2D eigenvalue weighted by Crippen LogP contribution is -2.31. The maximum absolute atomic E-state index is 13.2. The maximum atomic E-state index is 13.2. The molecule has 2 aromatic rings. The fraction of sp³-hybridized carbons (Fsp3) is 0.286. The molecule has 1 aromatic heterocycles. The van der Waals surface area contributed by atoms with Gasteiger partial charge in [0.05, 0.1) is 5.69 Å². The van der Waals surface area contributed by atoms with E-state index in [2.05, 4.69) is 14.9 Å². The number of nitrogens with two attached hydrogens (primary N) is 1. The molecule has 0 amide bonds. The average molecular weight is 258 g/mol. The minimum atomic E-state index is -0.193. The van der Waals surface area contributed by atoms with Crippen LogP contribution in [0.1, 0.15) is 16.8 Å². The van der Waals surface area contributed by atoms with Crippen molar-refractivity contribution in [2.45, 2.75) is 19.5 Å². The van der Waals surface area contributed by atoms with Crippen molar-refractivity contribution in [2.75, 3.05) is 12.3 Å². The van der Waals surface area contributed by atoms with E-state index in [1.54, 1.807) is 18.3 Å². The first-order valence-electron chi connectivity index (χ1n) is 6.28. The van der Waals surface area contributed by atoms with Crippen molar-refractivity contribution in [1.29, 1.82) is 0 Å². The van der Waals surface area contributed by atoms with Crippen LogP contribution in [0.5, 0.6) is 0 Å². The van der Waals surface area contributed by atoms with Gasteiger partial charge < -0.3 is 5.73 Å². The van der Waals surface area contributed by atoms with Gasteiger partial charge in [-0.2, -0.15) is 0 Å². The molecular formula is C14H15FN4. The Bertz CT molecular complexity index is 600. The van der Waals surface area contributed by atoms with Gasteiger partial charge in [0.25, 0.3) is 0 Å². The Morgan fingerprint density at radius 3 is 3.11 bits per heavy atom. The third-order valence-corrected chi connectivity index (χ3v) is 3.34. The van der Waals surface area contributed by atoms with Crippen molar-refractivity contribution in [3.05, 3.63) is 53.1 Å². The molecule has 0 aliphatic carbocycles. The summed E-state index contributed by atoms with van der Waals surface area (Å²) in [5, 5.41) is 0. The predicted molar refractivity (Wildman–Crippen MR) is 70.7 cm³/mol. The van der Waals surface area contributed by atoms with Gasteiger partial charge in [-0.25, -0.2) is 14.4 Å². The standard InChI is InChI=1S/C14H15FN4/c15-12-3-1-2-10(6-12)8-19-5-4-11-7-17-14(16)18-13(11)9-19/h1-3,6-7H,4-5,8-9H2,(H2,16,17,18). The molecule has 0 bridgehead atoms. The summed E-state index contributed by atoms with van der Waals surface area (Å²) in [5.41, 5.74) is 8.73. The summed E-state index contributed by atoms with van der Waals surface area (Å²) in [6.45, 7) is 2.39. The van der Waals surface area contributed by atoms with Crippen molar-refractivity contribution >= 4 is 5.95 Å². The molecule has 0 spiro atoms. The van der Waals surface area contributed by atoms with Gasteiger partial charge in [-0.3, -0.25) is 4.90 Å². The smallest absolute Gasteiger partial charge is 0.220 e. The Morgan fingerprint density at radius 2 is 2.26 bits per heavy atom. The van der Waals surface area contributed by atoms with E-state index in [1.807, 2.05) is 6.07 Å². The van der Waals surface area contributed by atoms with Crippen LogP contribution in [0.4, 0.5) is 10.3 Å². The lowest BCUT2D eigenvalue weighted by molar-refractivity contribution is 0.241. The van der Waals surface area contributed by atoms with Crippen molar-refractivity contribution in [1.82, 2.24) is 14.9 Å². The molecule has 1 aliphatic heterocycles. The first kappa shape index (κ1) is 12.0. The van der Waals surface area contributed by atoms with Crippen molar-refractivity contribution in [2.24, 2.45) is 0 Å². The zero-order valence-corrected chi connectivity index (χ0v) is 10.5. The van der Waals surface area contributed by atoms with Crippen LogP contribution < -0.4 is 5.73 Å². The number of benzene rings is 1. The number of rotatable bonds is 2. The van der Waals surface area contributed by atoms with Crippen LogP contribution in [0, 0.1) is 5.82 Å². The molecule has 3 rings (SSSR count). The molecule has 2 N–H and O–H groups in total. The Hall–Kier alpha value is -2.01. The number of aromatic nitrogens is 2. The number of fused-ring (bicyclic) bond motifs is 1. The molecule has 19 heavy (non-hydrogen) atoms. The van der Waals surface area contributed by atoms with Gasteiger partial charge in [-0.1, -0.05) is 12.1 Å². The summed E-state index contributed by atoms with van der Waals surface area (Å²) in [5.74, 6) is 0.118. The summed E-state index contributed by atoms with van der Waals surface area (Å²) in [6.07, 6.45) is 2.71. The van der Waals surface area contributed by atoms with E-state index in [0.29, 0.717) is 5.95 Å². The number of hydrogen-bond donors (Lipinski definition) is 1. The van der Waals surface area contributed by atoms with E-state index in [4.69, 9.17) is 5.73 Å². The second-order valence-electron chi connectivity index (χ2n) is 4.79. The van der Waals surface area contributed by atoms with Crippen LogP contribution in [0.3, 0.4) is 0 Å². The highest BCUT2D eigenvalue weighted by molar-refractivity contribution is 5.27. The van der Waals surface area contributed by atoms with Crippen LogP contribution in [0.25, 0.3) is 0 Å². The summed E-state index contributed by atoms with van der Waals surface area (Å²) >= 11 is 0. The van der Waals surface area contributed by atoms with Crippen molar-refractivity contribution in [3.63, 3.8) is 0 Å². The zero-order chi connectivity index (χ0) is 13.2. The van der Waals surface area contributed by atoms with Crippen molar-refractivity contribution < 1.29 is 4.39 Å². The molecular weight excluding hydrogens is 243 g/mol. The number of nitrogen functional groups attached to an aromatic ring is 1. The molecule has 5 heteroatoms. The lowest BCUT2D eigenvalue weighted by atomic mass is 10.1. The fourth-order valence-electron chi connectivity index (χ4n) is 2.40. The number of anilines is 1. The van der Waals surface area contributed by atoms with Gasteiger partial charge in [0.15, 0.2) is 0 Å². The summed E-state index contributed by atoms with van der Waals surface area (Å²) in [6, 6.07) is 6.71. The molecule has 0 saturated carbocycles. The molecule has 0 atom stereocenters. The third-order valence-electron chi connectivity index (χ3n) is 3.34. The van der Waals surface area contributed by atoms with Crippen LogP contribution in [0.15, 0.2) is 30.5 Å². The van der Waals surface area contributed by atoms with E-state index in [0.717, 1.165) is 42.9 Å². The van der Waals surface area contributed by atoms with Gasteiger partial charge in [0, 0.05) is 25.8 Å². The lowest BCUT2D eigenvalue weighted by Gasteiger charge is -2.27. The highest BCUT2D eigenvalue weighted by Gasteiger charge is 2.18. The Kier molecular flexibility index (Phi) is 3.13. The van der Waals surface area contributed by atoms with E-state index in [-0.39, 0.29) is 5.82 Å². The van der Waals surface area contributed by atoms with E-state index in [1.165, 1.54) is 6.07 Å². The Morgan fingerprint density at radius 1 is 1.37 bits per heavy atom. The van der Waals surface area contributed by atoms with Crippen LogP contribution >= 0.6 is 0 Å². The zero-order valence-electron chi connectivity index (χ0n) is 10.5. The SMILES string of the molecule is Nc1ncc2c(n1)CN(Cc1cccc(F)c1)CC2. The summed E-state index contributed by atoms with van der Waals surface area (Å²) < 4.78 is 13.2. The number of hydrogen-bond acceptors (Lipinski definition) is 4. The molecule has 0 unspecified atom stereocenters. The Balaban J connectivity index is 1.75. The minimum Gasteiger partial charge on any atom is -0.368 e. The minimum absolute atomic E-state index is 0.193. The normalized spacial score (nSPS) is 15.2. The first-order valence-corrected chi connectivity index (χ1v) is 6.28. The largest absolute Gasteiger partial charge is 0.368 e. The number of halogens is 1. The van der Waals surface area contributed by atoms with Gasteiger partial charge in [-0.05, 0) is 29.7 Å². The highest BCUT2D eigenvalue weighted by atomic mass is 19.1. The quantitative estimate of drug-likeness (QED) is 0.891. The average Bonchev–Trinajstić information content (AvgIpc) is 2.38. The molecule has 1 aromatic carbocycles. The maximum Gasteiger partial charge on any atom is 0.220 e. The predicted octanol–water partition coefficient (Wildman–Crippen LogP) is 1.76. The molecule has 2 heterocycles. The monoisotopic (exact) mass is 258 g/mol. The highest BCUT2D eigenvalue weighted by Crippen LogP contribution is 2.19. The molecule has 98 valence electrons. The fourth-order valence-corrected chi connectivity index (χ4v) is 2.40. The van der Waals surface area contributed by atoms with Crippen LogP contribution in [-0.4, -0.2) is 21.4 Å². The van der Waals surface area contributed by atoms with E-state index in [9.17, 15) is 4.39 Å². The second-order valence-corrected chi connectivity index (χ2v) is 4.79. The first-order chi connectivity index (χ1) is 9.20. The van der Waals surface area contributed by atoms with E-state index < -0.39 is 0 Å². The third kappa shape index (κ3) is 2.71. The van der Waals surface area contributed by atoms with E-state index >= 15 is 0 Å². The molecule has 0 radical (unpaired) electrons. The summed E-state index contributed by atoms with van der Waals surface area (Å²) in [4.78, 5) is 10.5. The second kappa shape index (κ2) is 4.93.